The van der Waals surface area contributed by atoms with Crippen LogP contribution in [0.3, 0.4) is 0 Å². The number of carbonyl (C=O) groups is 2. The van der Waals surface area contributed by atoms with Gasteiger partial charge in [0.05, 0.1) is 25.0 Å². The fourth-order valence-electron chi connectivity index (χ4n) is 2.19. The van der Waals surface area contributed by atoms with Gasteiger partial charge in [0.15, 0.2) is 0 Å². The van der Waals surface area contributed by atoms with Crippen molar-refractivity contribution in [1.82, 2.24) is 5.32 Å². The molecule has 0 radical (unpaired) electrons. The summed E-state index contributed by atoms with van der Waals surface area (Å²) in [5, 5.41) is 5.28. The summed E-state index contributed by atoms with van der Waals surface area (Å²) in [6, 6.07) is 14.5. The summed E-state index contributed by atoms with van der Waals surface area (Å²) >= 11 is 0. The number of hydrogen-bond acceptors (Lipinski definition) is 4. The molecule has 0 aliphatic carbocycles. The number of ether oxygens (including phenoxy) is 2. The van der Waals surface area contributed by atoms with E-state index in [1.165, 1.54) is 14.2 Å². The molecule has 1 unspecified atom stereocenters. The highest BCUT2D eigenvalue weighted by atomic mass is 16.5. The highest BCUT2D eigenvalue weighted by Crippen LogP contribution is 2.22. The number of methoxy groups -OCH3 is 1. The molecule has 0 aliphatic heterocycles. The van der Waals surface area contributed by atoms with E-state index in [4.69, 9.17) is 9.47 Å². The lowest BCUT2D eigenvalue weighted by Crippen LogP contribution is -2.29. The molecule has 132 valence electrons. The van der Waals surface area contributed by atoms with Crippen LogP contribution in [0.1, 0.15) is 22.8 Å². The van der Waals surface area contributed by atoms with Crippen molar-refractivity contribution in [2.24, 2.45) is 0 Å². The summed E-state index contributed by atoms with van der Waals surface area (Å²) in [7, 11) is 3.04. The molecule has 25 heavy (non-hydrogen) atoms. The number of anilines is 1. The number of hydrogen-bond donors (Lipinski definition) is 2. The Hall–Kier alpha value is -2.86. The van der Waals surface area contributed by atoms with Crippen molar-refractivity contribution in [1.29, 1.82) is 0 Å². The molecule has 6 nitrogen and oxygen atoms in total. The van der Waals surface area contributed by atoms with Crippen molar-refractivity contribution in [3.8, 4) is 5.75 Å². The van der Waals surface area contributed by atoms with Crippen LogP contribution < -0.4 is 15.4 Å². The zero-order valence-electron chi connectivity index (χ0n) is 14.5. The molecule has 0 spiro atoms. The maximum Gasteiger partial charge on any atom is 0.253 e. The topological polar surface area (TPSA) is 76.7 Å². The minimum absolute atomic E-state index is 0.313. The minimum atomic E-state index is -0.667. The monoisotopic (exact) mass is 342 g/mol. The molecule has 6 heteroatoms. The lowest BCUT2D eigenvalue weighted by atomic mass is 10.1. The summed E-state index contributed by atoms with van der Waals surface area (Å²) in [5.41, 5.74) is 1.71. The fourth-order valence-corrected chi connectivity index (χ4v) is 2.19. The predicted molar refractivity (Wildman–Crippen MR) is 95.7 cm³/mol. The standard InChI is InChI=1S/C19H22N2O4/c1-13(25-12-14-7-5-4-6-8-14)18(22)21-17-10-9-15(24-3)11-16(17)19(23)20-2/h4-11,13H,12H2,1-3H3,(H,20,23)(H,21,22). The number of benzene rings is 2. The average Bonchev–Trinajstić information content (AvgIpc) is 2.66. The second kappa shape index (κ2) is 8.84. The Morgan fingerprint density at radius 2 is 1.84 bits per heavy atom. The first kappa shape index (κ1) is 18.5. The molecule has 0 saturated heterocycles. The van der Waals surface area contributed by atoms with Gasteiger partial charge in [-0.05, 0) is 30.7 Å². The van der Waals surface area contributed by atoms with Gasteiger partial charge in [-0.1, -0.05) is 30.3 Å². The zero-order valence-corrected chi connectivity index (χ0v) is 14.5. The van der Waals surface area contributed by atoms with Crippen LogP contribution in [0.2, 0.25) is 0 Å². The molecule has 0 fully saturated rings. The first-order chi connectivity index (χ1) is 12.0. The van der Waals surface area contributed by atoms with Gasteiger partial charge in [0, 0.05) is 7.05 Å². The Morgan fingerprint density at radius 3 is 2.48 bits per heavy atom. The fraction of sp³-hybridized carbons (Fsp3) is 0.263. The van der Waals surface area contributed by atoms with Gasteiger partial charge in [-0.25, -0.2) is 0 Å². The van der Waals surface area contributed by atoms with Crippen LogP contribution in [0.4, 0.5) is 5.69 Å². The molecule has 0 heterocycles. The molecule has 1 atom stereocenters. The van der Waals surface area contributed by atoms with Crippen LogP contribution in [0.5, 0.6) is 5.75 Å². The molecule has 0 saturated carbocycles. The third-order valence-electron chi connectivity index (χ3n) is 3.67. The van der Waals surface area contributed by atoms with E-state index < -0.39 is 6.10 Å². The minimum Gasteiger partial charge on any atom is -0.497 e. The van der Waals surface area contributed by atoms with E-state index >= 15 is 0 Å². The van der Waals surface area contributed by atoms with Crippen LogP contribution in [-0.4, -0.2) is 32.1 Å². The lowest BCUT2D eigenvalue weighted by molar-refractivity contribution is -0.127. The van der Waals surface area contributed by atoms with Gasteiger partial charge in [0.25, 0.3) is 11.8 Å². The molecular formula is C19H22N2O4. The van der Waals surface area contributed by atoms with Gasteiger partial charge >= 0.3 is 0 Å². The normalized spacial score (nSPS) is 11.5. The number of carbonyl (C=O) groups excluding carboxylic acids is 2. The van der Waals surface area contributed by atoms with Crippen molar-refractivity contribution >= 4 is 17.5 Å². The van der Waals surface area contributed by atoms with Crippen LogP contribution >= 0.6 is 0 Å². The summed E-state index contributed by atoms with van der Waals surface area (Å²) in [6.45, 7) is 2.00. The van der Waals surface area contributed by atoms with Gasteiger partial charge in [-0.15, -0.1) is 0 Å². The van der Waals surface area contributed by atoms with E-state index in [9.17, 15) is 9.59 Å². The highest BCUT2D eigenvalue weighted by molar-refractivity contribution is 6.04. The van der Waals surface area contributed by atoms with Gasteiger partial charge in [-0.3, -0.25) is 9.59 Å². The number of rotatable bonds is 7. The second-order valence-corrected chi connectivity index (χ2v) is 5.42. The van der Waals surface area contributed by atoms with Crippen molar-refractivity contribution < 1.29 is 19.1 Å². The molecule has 2 amide bonds. The van der Waals surface area contributed by atoms with E-state index in [2.05, 4.69) is 10.6 Å². The maximum atomic E-state index is 12.4. The van der Waals surface area contributed by atoms with Crippen LogP contribution in [0.25, 0.3) is 0 Å². The summed E-state index contributed by atoms with van der Waals surface area (Å²) in [6.07, 6.45) is -0.667. The first-order valence-corrected chi connectivity index (χ1v) is 7.91. The molecule has 0 aromatic heterocycles. The van der Waals surface area contributed by atoms with Gasteiger partial charge < -0.3 is 20.1 Å². The van der Waals surface area contributed by atoms with Crippen LogP contribution in [0.15, 0.2) is 48.5 Å². The largest absolute Gasteiger partial charge is 0.497 e. The Balaban J connectivity index is 2.05. The van der Waals surface area contributed by atoms with Crippen LogP contribution in [-0.2, 0) is 16.1 Å². The lowest BCUT2D eigenvalue weighted by Gasteiger charge is -2.16. The Morgan fingerprint density at radius 1 is 1.12 bits per heavy atom. The zero-order chi connectivity index (χ0) is 18.2. The predicted octanol–water partition coefficient (Wildman–Crippen LogP) is 2.60. The van der Waals surface area contributed by atoms with Gasteiger partial charge in [-0.2, -0.15) is 0 Å². The number of nitrogens with one attached hydrogen (secondary N) is 2. The van der Waals surface area contributed by atoms with E-state index in [0.29, 0.717) is 23.6 Å². The average molecular weight is 342 g/mol. The molecular weight excluding hydrogens is 320 g/mol. The summed E-state index contributed by atoms with van der Waals surface area (Å²) < 4.78 is 10.7. The van der Waals surface area contributed by atoms with E-state index in [1.807, 2.05) is 30.3 Å². The number of amides is 2. The van der Waals surface area contributed by atoms with Crippen molar-refractivity contribution in [2.75, 3.05) is 19.5 Å². The second-order valence-electron chi connectivity index (χ2n) is 5.42. The van der Waals surface area contributed by atoms with Crippen molar-refractivity contribution in [3.05, 3.63) is 59.7 Å². The molecule has 2 N–H and O–H groups in total. The third kappa shape index (κ3) is 5.06. The van der Waals surface area contributed by atoms with Crippen molar-refractivity contribution in [2.45, 2.75) is 19.6 Å². The molecule has 0 aliphatic rings. The summed E-state index contributed by atoms with van der Waals surface area (Å²) in [4.78, 5) is 24.4. The van der Waals surface area contributed by atoms with E-state index in [1.54, 1.807) is 25.1 Å². The molecule has 0 bridgehead atoms. The van der Waals surface area contributed by atoms with Crippen LogP contribution in [0, 0.1) is 0 Å². The molecule has 2 aromatic rings. The molecule has 2 aromatic carbocycles. The Bertz CT molecular complexity index is 731. The quantitative estimate of drug-likeness (QED) is 0.811. The summed E-state index contributed by atoms with van der Waals surface area (Å²) in [5.74, 6) is -0.108. The highest BCUT2D eigenvalue weighted by Gasteiger charge is 2.18. The SMILES string of the molecule is CNC(=O)c1cc(OC)ccc1NC(=O)C(C)OCc1ccccc1. The Labute approximate surface area is 147 Å². The smallest absolute Gasteiger partial charge is 0.253 e. The van der Waals surface area contributed by atoms with E-state index in [-0.39, 0.29) is 11.8 Å². The van der Waals surface area contributed by atoms with Gasteiger partial charge in [0.1, 0.15) is 11.9 Å². The van der Waals surface area contributed by atoms with Gasteiger partial charge in [0.2, 0.25) is 0 Å². The maximum absolute atomic E-state index is 12.4. The first-order valence-electron chi connectivity index (χ1n) is 7.91. The Kier molecular flexibility index (Phi) is 6.54. The van der Waals surface area contributed by atoms with E-state index in [0.717, 1.165) is 5.56 Å². The third-order valence-corrected chi connectivity index (χ3v) is 3.67. The molecule has 2 rings (SSSR count). The van der Waals surface area contributed by atoms with Crippen molar-refractivity contribution in [3.63, 3.8) is 0 Å².